The summed E-state index contributed by atoms with van der Waals surface area (Å²) in [4.78, 5) is 25.9. The maximum Gasteiger partial charge on any atom is 0.229 e. The number of nitrogens with one attached hydrogen (secondary N) is 1. The zero-order valence-electron chi connectivity index (χ0n) is 12.1. The van der Waals surface area contributed by atoms with Crippen LogP contribution in [0.25, 0.3) is 0 Å². The summed E-state index contributed by atoms with van der Waals surface area (Å²) in [6, 6.07) is 6.88. The molecule has 0 aliphatic carbocycles. The van der Waals surface area contributed by atoms with Crippen molar-refractivity contribution < 1.29 is 14.3 Å². The number of likely N-dealkylation sites (tertiary alicyclic amines) is 1. The van der Waals surface area contributed by atoms with Gasteiger partial charge in [0.2, 0.25) is 11.8 Å². The van der Waals surface area contributed by atoms with Crippen LogP contribution >= 0.6 is 11.6 Å². The maximum atomic E-state index is 12.2. The average Bonchev–Trinajstić information content (AvgIpc) is 2.84. The van der Waals surface area contributed by atoms with Crippen LogP contribution in [0.4, 0.5) is 5.69 Å². The van der Waals surface area contributed by atoms with Gasteiger partial charge in [-0.05, 0) is 31.2 Å². The van der Waals surface area contributed by atoms with Gasteiger partial charge in [0.05, 0.1) is 18.6 Å². The summed E-state index contributed by atoms with van der Waals surface area (Å²) in [5, 5.41) is 3.43. The Hall–Kier alpha value is -1.59. The van der Waals surface area contributed by atoms with Gasteiger partial charge in [0.25, 0.3) is 0 Å². The van der Waals surface area contributed by atoms with Crippen LogP contribution in [-0.4, -0.2) is 43.0 Å². The Labute approximate surface area is 129 Å². The van der Waals surface area contributed by atoms with E-state index < -0.39 is 0 Å². The molecule has 1 aromatic rings. The van der Waals surface area contributed by atoms with Crippen molar-refractivity contribution >= 4 is 29.1 Å². The van der Waals surface area contributed by atoms with Crippen molar-refractivity contribution in [2.75, 3.05) is 25.6 Å². The highest BCUT2D eigenvalue weighted by molar-refractivity contribution is 6.30. The number of benzene rings is 1. The SMILES string of the molecule is COCC(C)N1CC(C(=O)Nc2ccc(Cl)cc2)CC1=O. The number of carbonyl (C=O) groups excluding carboxylic acids is 2. The van der Waals surface area contributed by atoms with Crippen LogP contribution in [0.15, 0.2) is 24.3 Å². The Morgan fingerprint density at radius 2 is 2.14 bits per heavy atom. The molecule has 2 atom stereocenters. The van der Waals surface area contributed by atoms with Crippen LogP contribution in [-0.2, 0) is 14.3 Å². The van der Waals surface area contributed by atoms with Gasteiger partial charge in [0, 0.05) is 30.8 Å². The number of anilines is 1. The summed E-state index contributed by atoms with van der Waals surface area (Å²) in [6.07, 6.45) is 0.244. The van der Waals surface area contributed by atoms with Gasteiger partial charge < -0.3 is 15.0 Å². The molecule has 2 rings (SSSR count). The summed E-state index contributed by atoms with van der Waals surface area (Å²) in [5.74, 6) is -0.471. The van der Waals surface area contributed by atoms with Gasteiger partial charge in [0.15, 0.2) is 0 Å². The second kappa shape index (κ2) is 6.91. The predicted molar refractivity (Wildman–Crippen MR) is 81.2 cm³/mol. The first kappa shape index (κ1) is 15.8. The molecule has 0 saturated carbocycles. The van der Waals surface area contributed by atoms with E-state index in [1.54, 1.807) is 36.3 Å². The fourth-order valence-electron chi connectivity index (χ4n) is 2.44. The Morgan fingerprint density at radius 1 is 1.48 bits per heavy atom. The maximum absolute atomic E-state index is 12.2. The monoisotopic (exact) mass is 310 g/mol. The molecule has 0 radical (unpaired) electrons. The zero-order chi connectivity index (χ0) is 15.4. The molecule has 1 fully saturated rings. The summed E-state index contributed by atoms with van der Waals surface area (Å²) in [7, 11) is 1.60. The summed E-state index contributed by atoms with van der Waals surface area (Å²) < 4.78 is 5.06. The van der Waals surface area contributed by atoms with E-state index in [-0.39, 0.29) is 30.2 Å². The van der Waals surface area contributed by atoms with Gasteiger partial charge in [-0.15, -0.1) is 0 Å². The molecule has 21 heavy (non-hydrogen) atoms. The third kappa shape index (κ3) is 3.95. The fraction of sp³-hybridized carbons (Fsp3) is 0.467. The van der Waals surface area contributed by atoms with E-state index >= 15 is 0 Å². The Morgan fingerprint density at radius 3 is 2.76 bits per heavy atom. The van der Waals surface area contributed by atoms with Gasteiger partial charge in [-0.25, -0.2) is 0 Å². The minimum absolute atomic E-state index is 0.00388. The molecule has 0 spiro atoms. The third-order valence-electron chi connectivity index (χ3n) is 3.58. The lowest BCUT2D eigenvalue weighted by Crippen LogP contribution is -2.38. The molecule has 2 amide bonds. The van der Waals surface area contributed by atoms with E-state index in [0.29, 0.717) is 23.9 Å². The first-order valence-corrected chi connectivity index (χ1v) is 7.24. The van der Waals surface area contributed by atoms with Crippen LogP contribution < -0.4 is 5.32 Å². The first-order chi connectivity index (χ1) is 10.0. The molecule has 1 aromatic carbocycles. The second-order valence-corrected chi connectivity index (χ2v) is 5.68. The molecular formula is C15H19ClN2O3. The van der Waals surface area contributed by atoms with Gasteiger partial charge in [-0.2, -0.15) is 0 Å². The van der Waals surface area contributed by atoms with E-state index in [9.17, 15) is 9.59 Å². The Kier molecular flexibility index (Phi) is 5.20. The van der Waals surface area contributed by atoms with E-state index in [2.05, 4.69) is 5.32 Å². The minimum Gasteiger partial charge on any atom is -0.383 e. The first-order valence-electron chi connectivity index (χ1n) is 6.86. The van der Waals surface area contributed by atoms with Crippen molar-refractivity contribution in [2.24, 2.45) is 5.92 Å². The summed E-state index contributed by atoms with van der Waals surface area (Å²) in [5.41, 5.74) is 0.681. The molecule has 0 bridgehead atoms. The van der Waals surface area contributed by atoms with Crippen LogP contribution in [0.3, 0.4) is 0 Å². The van der Waals surface area contributed by atoms with Crippen molar-refractivity contribution in [2.45, 2.75) is 19.4 Å². The van der Waals surface area contributed by atoms with Crippen LogP contribution in [0.2, 0.25) is 5.02 Å². The van der Waals surface area contributed by atoms with Crippen molar-refractivity contribution in [3.8, 4) is 0 Å². The summed E-state index contributed by atoms with van der Waals surface area (Å²) in [6.45, 7) is 2.82. The highest BCUT2D eigenvalue weighted by atomic mass is 35.5. The number of ether oxygens (including phenoxy) is 1. The van der Waals surface area contributed by atoms with Crippen LogP contribution in [0, 0.1) is 5.92 Å². The molecule has 1 aliphatic heterocycles. The van der Waals surface area contributed by atoms with Crippen molar-refractivity contribution in [3.63, 3.8) is 0 Å². The molecule has 2 unspecified atom stereocenters. The smallest absolute Gasteiger partial charge is 0.229 e. The standard InChI is InChI=1S/C15H19ClN2O3/c1-10(9-21-2)18-8-11(7-14(18)19)15(20)17-13-5-3-12(16)4-6-13/h3-6,10-11H,7-9H2,1-2H3,(H,17,20). The Bertz CT molecular complexity index is 518. The summed E-state index contributed by atoms with van der Waals surface area (Å²) >= 11 is 5.80. The number of rotatable bonds is 5. The number of halogens is 1. The van der Waals surface area contributed by atoms with Crippen molar-refractivity contribution in [1.82, 2.24) is 4.90 Å². The van der Waals surface area contributed by atoms with Crippen LogP contribution in [0.1, 0.15) is 13.3 Å². The lowest BCUT2D eigenvalue weighted by atomic mass is 10.1. The fourth-order valence-corrected chi connectivity index (χ4v) is 2.57. The quantitative estimate of drug-likeness (QED) is 0.906. The molecule has 114 valence electrons. The van der Waals surface area contributed by atoms with E-state index in [1.165, 1.54) is 0 Å². The van der Waals surface area contributed by atoms with Gasteiger partial charge in [-0.1, -0.05) is 11.6 Å². The third-order valence-corrected chi connectivity index (χ3v) is 3.83. The minimum atomic E-state index is -0.326. The zero-order valence-corrected chi connectivity index (χ0v) is 12.9. The number of nitrogens with zero attached hydrogens (tertiary/aromatic N) is 1. The van der Waals surface area contributed by atoms with E-state index in [1.807, 2.05) is 6.92 Å². The lowest BCUT2D eigenvalue weighted by molar-refractivity contribution is -0.130. The molecule has 5 nitrogen and oxygen atoms in total. The molecule has 1 aliphatic rings. The van der Waals surface area contributed by atoms with Gasteiger partial charge >= 0.3 is 0 Å². The molecule has 0 aromatic heterocycles. The van der Waals surface area contributed by atoms with Crippen LogP contribution in [0.5, 0.6) is 0 Å². The number of carbonyl (C=O) groups is 2. The predicted octanol–water partition coefficient (Wildman–Crippen LogP) is 2.16. The molecule has 6 heteroatoms. The van der Waals surface area contributed by atoms with Gasteiger partial charge in [-0.3, -0.25) is 9.59 Å². The van der Waals surface area contributed by atoms with Crippen molar-refractivity contribution in [3.05, 3.63) is 29.3 Å². The second-order valence-electron chi connectivity index (χ2n) is 5.25. The largest absolute Gasteiger partial charge is 0.383 e. The molecular weight excluding hydrogens is 292 g/mol. The topological polar surface area (TPSA) is 58.6 Å². The molecule has 1 saturated heterocycles. The highest BCUT2D eigenvalue weighted by Crippen LogP contribution is 2.22. The molecule has 1 N–H and O–H groups in total. The number of amides is 2. The van der Waals surface area contributed by atoms with Crippen molar-refractivity contribution in [1.29, 1.82) is 0 Å². The average molecular weight is 311 g/mol. The number of hydrogen-bond donors (Lipinski definition) is 1. The number of hydrogen-bond acceptors (Lipinski definition) is 3. The lowest BCUT2D eigenvalue weighted by Gasteiger charge is -2.23. The van der Waals surface area contributed by atoms with E-state index in [0.717, 1.165) is 0 Å². The normalized spacial score (nSPS) is 19.7. The number of methoxy groups -OCH3 is 1. The van der Waals surface area contributed by atoms with E-state index in [4.69, 9.17) is 16.3 Å². The molecule has 1 heterocycles. The Balaban J connectivity index is 1.95. The van der Waals surface area contributed by atoms with Gasteiger partial charge in [0.1, 0.15) is 0 Å². The highest BCUT2D eigenvalue weighted by Gasteiger charge is 2.36.